The predicted octanol–water partition coefficient (Wildman–Crippen LogP) is 3.18. The molecule has 1 amide bonds. The van der Waals surface area contributed by atoms with Gasteiger partial charge in [-0.25, -0.2) is 0 Å². The third-order valence-corrected chi connectivity index (χ3v) is 5.47. The normalized spacial score (nSPS) is 16.4. The van der Waals surface area contributed by atoms with Gasteiger partial charge in [-0.15, -0.1) is 11.8 Å². The fraction of sp³-hybridized carbons (Fsp3) is 0.450. The van der Waals surface area contributed by atoms with Crippen molar-refractivity contribution in [3.8, 4) is 0 Å². The van der Waals surface area contributed by atoms with Gasteiger partial charge in [0.25, 0.3) is 0 Å². The van der Waals surface area contributed by atoms with Gasteiger partial charge in [-0.05, 0) is 38.1 Å². The molecule has 0 spiro atoms. The van der Waals surface area contributed by atoms with Crippen molar-refractivity contribution >= 4 is 17.7 Å². The Kier molecular flexibility index (Phi) is 6.77. The van der Waals surface area contributed by atoms with Crippen LogP contribution in [-0.2, 0) is 9.53 Å². The van der Waals surface area contributed by atoms with E-state index in [0.717, 1.165) is 29.5 Å². The highest BCUT2D eigenvalue weighted by molar-refractivity contribution is 8.00. The van der Waals surface area contributed by atoms with Gasteiger partial charge in [0.05, 0.1) is 25.0 Å². The third-order valence-electron chi connectivity index (χ3n) is 4.46. The largest absolute Gasteiger partial charge is 0.465 e. The maximum Gasteiger partial charge on any atom is 0.230 e. The summed E-state index contributed by atoms with van der Waals surface area (Å²) in [5.74, 6) is 2.24. The maximum atomic E-state index is 12.3. The van der Waals surface area contributed by atoms with Crippen LogP contribution in [0.25, 0.3) is 0 Å². The monoisotopic (exact) mass is 374 g/mol. The quantitative estimate of drug-likeness (QED) is 0.755. The van der Waals surface area contributed by atoms with Gasteiger partial charge in [0.2, 0.25) is 5.91 Å². The average molecular weight is 375 g/mol. The number of thioether (sulfide) groups is 1. The van der Waals surface area contributed by atoms with Crippen LogP contribution in [0.5, 0.6) is 0 Å². The van der Waals surface area contributed by atoms with Crippen LogP contribution in [0.1, 0.15) is 23.1 Å². The molecule has 1 aliphatic rings. The Morgan fingerprint density at radius 2 is 1.88 bits per heavy atom. The molecular formula is C20H26N2O3S. The van der Waals surface area contributed by atoms with Crippen LogP contribution < -0.4 is 5.32 Å². The molecule has 0 saturated carbocycles. The molecule has 26 heavy (non-hydrogen) atoms. The van der Waals surface area contributed by atoms with E-state index < -0.39 is 0 Å². The van der Waals surface area contributed by atoms with Crippen LogP contribution >= 0.6 is 11.8 Å². The van der Waals surface area contributed by atoms with E-state index in [1.165, 1.54) is 5.56 Å². The molecule has 1 fully saturated rings. The second-order valence-corrected chi connectivity index (χ2v) is 7.57. The van der Waals surface area contributed by atoms with E-state index in [2.05, 4.69) is 41.4 Å². The van der Waals surface area contributed by atoms with Gasteiger partial charge in [0.15, 0.2) is 0 Å². The molecule has 0 bridgehead atoms. The summed E-state index contributed by atoms with van der Waals surface area (Å²) in [7, 11) is 0. The molecule has 1 aliphatic heterocycles. The van der Waals surface area contributed by atoms with E-state index >= 15 is 0 Å². The van der Waals surface area contributed by atoms with Gasteiger partial charge in [0.1, 0.15) is 11.5 Å². The fourth-order valence-corrected chi connectivity index (χ4v) is 3.70. The van der Waals surface area contributed by atoms with Crippen molar-refractivity contribution in [3.63, 3.8) is 0 Å². The average Bonchev–Trinajstić information content (AvgIpc) is 3.08. The van der Waals surface area contributed by atoms with Gasteiger partial charge in [-0.1, -0.05) is 17.7 Å². The first-order valence-electron chi connectivity index (χ1n) is 8.96. The number of carbonyl (C=O) groups excluding carboxylic acids is 1. The lowest BCUT2D eigenvalue weighted by atomic mass is 10.1. The summed E-state index contributed by atoms with van der Waals surface area (Å²) in [5.41, 5.74) is 1.22. The predicted molar refractivity (Wildman–Crippen MR) is 103 cm³/mol. The summed E-state index contributed by atoms with van der Waals surface area (Å²) in [6, 6.07) is 12.2. The summed E-state index contributed by atoms with van der Waals surface area (Å²) in [6.07, 6.45) is 0. The van der Waals surface area contributed by atoms with Crippen LogP contribution in [0, 0.1) is 13.8 Å². The Balaban J connectivity index is 1.54. The number of rotatable bonds is 7. The lowest BCUT2D eigenvalue weighted by Gasteiger charge is -2.33. The molecule has 1 N–H and O–H groups in total. The molecule has 1 unspecified atom stereocenters. The highest BCUT2D eigenvalue weighted by Gasteiger charge is 2.25. The van der Waals surface area contributed by atoms with Crippen molar-refractivity contribution in [2.24, 2.45) is 0 Å². The Morgan fingerprint density at radius 3 is 2.54 bits per heavy atom. The number of furan rings is 1. The van der Waals surface area contributed by atoms with Crippen molar-refractivity contribution in [1.29, 1.82) is 0 Å². The molecule has 5 nitrogen and oxygen atoms in total. The molecule has 140 valence electrons. The number of nitrogens with one attached hydrogen (secondary N) is 1. The van der Waals surface area contributed by atoms with Crippen LogP contribution in [0.4, 0.5) is 0 Å². The molecule has 6 heteroatoms. The minimum Gasteiger partial charge on any atom is -0.465 e. The Hall–Kier alpha value is -1.76. The summed E-state index contributed by atoms with van der Waals surface area (Å²) < 4.78 is 11.3. The minimum absolute atomic E-state index is 0.0390. The van der Waals surface area contributed by atoms with E-state index in [1.54, 1.807) is 11.8 Å². The summed E-state index contributed by atoms with van der Waals surface area (Å²) >= 11 is 1.56. The molecule has 1 saturated heterocycles. The Morgan fingerprint density at radius 1 is 1.15 bits per heavy atom. The maximum absolute atomic E-state index is 12.3. The number of benzene rings is 1. The van der Waals surface area contributed by atoms with Crippen molar-refractivity contribution in [3.05, 3.63) is 53.5 Å². The van der Waals surface area contributed by atoms with Gasteiger partial charge < -0.3 is 14.5 Å². The highest BCUT2D eigenvalue weighted by atomic mass is 32.2. The van der Waals surface area contributed by atoms with Crippen LogP contribution in [-0.4, -0.2) is 49.4 Å². The molecule has 1 aromatic heterocycles. The molecule has 2 aromatic rings. The Bertz CT molecular complexity index is 708. The molecule has 1 aromatic carbocycles. The molecule has 2 heterocycles. The molecule has 0 radical (unpaired) electrons. The zero-order valence-corrected chi connectivity index (χ0v) is 16.2. The number of hydrogen-bond acceptors (Lipinski definition) is 5. The van der Waals surface area contributed by atoms with Gasteiger partial charge in [0, 0.05) is 24.5 Å². The molecule has 3 rings (SSSR count). The number of nitrogens with zero attached hydrogens (tertiary/aromatic N) is 1. The number of hydrogen-bond donors (Lipinski definition) is 1. The second-order valence-electron chi connectivity index (χ2n) is 6.52. The molecule has 1 atom stereocenters. The van der Waals surface area contributed by atoms with E-state index in [0.29, 0.717) is 25.5 Å². The number of morpholine rings is 1. The summed E-state index contributed by atoms with van der Waals surface area (Å²) in [4.78, 5) is 15.7. The van der Waals surface area contributed by atoms with E-state index in [-0.39, 0.29) is 11.9 Å². The number of aryl methyl sites for hydroxylation is 2. The van der Waals surface area contributed by atoms with Crippen molar-refractivity contribution in [2.45, 2.75) is 24.8 Å². The van der Waals surface area contributed by atoms with Crippen molar-refractivity contribution in [2.75, 3.05) is 38.6 Å². The van der Waals surface area contributed by atoms with Gasteiger partial charge in [-0.3, -0.25) is 9.69 Å². The number of amides is 1. The van der Waals surface area contributed by atoms with Crippen LogP contribution in [0.3, 0.4) is 0 Å². The number of ether oxygens (including phenoxy) is 1. The Labute approximate surface area is 159 Å². The SMILES string of the molecule is Cc1ccc(SCC(=O)NCC(c2ccc(C)o2)N2CCOCC2)cc1. The standard InChI is InChI=1S/C20H26N2O3S/c1-15-3-6-17(7-4-15)26-14-20(23)21-13-18(19-8-5-16(2)25-19)22-9-11-24-12-10-22/h3-8,18H,9-14H2,1-2H3,(H,21,23). The molecular weight excluding hydrogens is 348 g/mol. The zero-order chi connectivity index (χ0) is 18.4. The highest BCUT2D eigenvalue weighted by Crippen LogP contribution is 2.23. The lowest BCUT2D eigenvalue weighted by Crippen LogP contribution is -2.44. The van der Waals surface area contributed by atoms with E-state index in [9.17, 15) is 4.79 Å². The molecule has 0 aliphatic carbocycles. The van der Waals surface area contributed by atoms with E-state index in [4.69, 9.17) is 9.15 Å². The summed E-state index contributed by atoms with van der Waals surface area (Å²) in [5, 5.41) is 3.07. The third kappa shape index (κ3) is 5.37. The minimum atomic E-state index is 0.0390. The lowest BCUT2D eigenvalue weighted by molar-refractivity contribution is -0.118. The summed E-state index contributed by atoms with van der Waals surface area (Å²) in [6.45, 7) is 7.66. The van der Waals surface area contributed by atoms with Gasteiger partial charge >= 0.3 is 0 Å². The first-order valence-corrected chi connectivity index (χ1v) is 9.94. The fourth-order valence-electron chi connectivity index (χ4n) is 2.98. The first-order chi connectivity index (χ1) is 12.6. The van der Waals surface area contributed by atoms with Crippen LogP contribution in [0.15, 0.2) is 45.7 Å². The smallest absolute Gasteiger partial charge is 0.230 e. The topological polar surface area (TPSA) is 54.7 Å². The van der Waals surface area contributed by atoms with E-state index in [1.807, 2.05) is 19.1 Å². The first kappa shape index (κ1) is 19.0. The van der Waals surface area contributed by atoms with Gasteiger partial charge in [-0.2, -0.15) is 0 Å². The van der Waals surface area contributed by atoms with Crippen molar-refractivity contribution in [1.82, 2.24) is 10.2 Å². The number of carbonyl (C=O) groups is 1. The van der Waals surface area contributed by atoms with Crippen LogP contribution in [0.2, 0.25) is 0 Å². The van der Waals surface area contributed by atoms with Crippen molar-refractivity contribution < 1.29 is 13.9 Å². The second kappa shape index (κ2) is 9.26. The zero-order valence-electron chi connectivity index (χ0n) is 15.4.